The summed E-state index contributed by atoms with van der Waals surface area (Å²) in [6.45, 7) is 0. The van der Waals surface area contributed by atoms with E-state index >= 15 is 0 Å². The molecule has 2 aliphatic heterocycles. The summed E-state index contributed by atoms with van der Waals surface area (Å²) < 4.78 is 5.65. The quantitative estimate of drug-likeness (QED) is 0.744. The number of fused-ring (bicyclic) bond motifs is 2. The molecule has 6 heteroatoms. The average Bonchev–Trinajstić information content (AvgIpc) is 2.91. The van der Waals surface area contributed by atoms with Gasteiger partial charge in [0.1, 0.15) is 5.69 Å². The van der Waals surface area contributed by atoms with Gasteiger partial charge in [0.2, 0.25) is 0 Å². The number of nitrogens with zero attached hydrogens (tertiary/aromatic N) is 1. The molecule has 1 aromatic heterocycles. The number of hydrogen-bond donors (Lipinski definition) is 2. The van der Waals surface area contributed by atoms with E-state index in [9.17, 15) is 9.59 Å². The fourth-order valence-corrected chi connectivity index (χ4v) is 2.50. The first-order valence-corrected chi connectivity index (χ1v) is 5.74. The lowest BCUT2D eigenvalue weighted by Gasteiger charge is -2.19. The summed E-state index contributed by atoms with van der Waals surface area (Å²) in [6, 6.07) is 2.79. The Morgan fingerprint density at radius 2 is 2.35 bits per heavy atom. The minimum absolute atomic E-state index is 0.0787. The largest absolute Gasteiger partial charge is 0.373 e. The predicted molar refractivity (Wildman–Crippen MR) is 58.6 cm³/mol. The molecule has 1 aromatic rings. The van der Waals surface area contributed by atoms with E-state index in [-0.39, 0.29) is 29.3 Å². The number of carbonyl (C=O) groups is 1. The van der Waals surface area contributed by atoms with Crippen LogP contribution in [0.3, 0.4) is 0 Å². The maximum Gasteiger partial charge on any atom is 0.272 e. The Morgan fingerprint density at radius 3 is 2.94 bits per heavy atom. The molecule has 1 amide bonds. The van der Waals surface area contributed by atoms with Gasteiger partial charge in [-0.1, -0.05) is 0 Å². The number of H-pyrrole nitrogens is 1. The minimum atomic E-state index is -0.315. The first kappa shape index (κ1) is 10.5. The van der Waals surface area contributed by atoms with Crippen molar-refractivity contribution in [3.63, 3.8) is 0 Å². The van der Waals surface area contributed by atoms with Crippen molar-refractivity contribution < 1.29 is 9.53 Å². The number of rotatable bonds is 2. The first-order chi connectivity index (χ1) is 8.22. The van der Waals surface area contributed by atoms with Crippen LogP contribution in [0.4, 0.5) is 0 Å². The van der Waals surface area contributed by atoms with Crippen molar-refractivity contribution in [1.29, 1.82) is 0 Å². The summed E-state index contributed by atoms with van der Waals surface area (Å²) in [6.07, 6.45) is 3.42. The van der Waals surface area contributed by atoms with Gasteiger partial charge < -0.3 is 10.1 Å². The van der Waals surface area contributed by atoms with Crippen molar-refractivity contribution in [2.24, 2.45) is 0 Å². The topological polar surface area (TPSA) is 84.1 Å². The van der Waals surface area contributed by atoms with E-state index in [4.69, 9.17) is 4.74 Å². The van der Waals surface area contributed by atoms with Gasteiger partial charge in [-0.2, -0.15) is 5.10 Å². The van der Waals surface area contributed by atoms with E-state index in [2.05, 4.69) is 15.5 Å². The fraction of sp³-hybridized carbons (Fsp3) is 0.545. The second kappa shape index (κ2) is 3.96. The van der Waals surface area contributed by atoms with E-state index in [0.29, 0.717) is 6.10 Å². The third-order valence-electron chi connectivity index (χ3n) is 3.33. The lowest BCUT2D eigenvalue weighted by Crippen LogP contribution is -2.41. The first-order valence-electron chi connectivity index (χ1n) is 5.74. The van der Waals surface area contributed by atoms with Crippen LogP contribution in [0, 0.1) is 0 Å². The number of hydrogen-bond acceptors (Lipinski definition) is 4. The van der Waals surface area contributed by atoms with E-state index in [1.54, 1.807) is 0 Å². The Labute approximate surface area is 97.4 Å². The van der Waals surface area contributed by atoms with Crippen LogP contribution >= 0.6 is 0 Å². The molecule has 2 saturated heterocycles. The minimum Gasteiger partial charge on any atom is -0.373 e. The van der Waals surface area contributed by atoms with Crippen LogP contribution in [0.25, 0.3) is 0 Å². The van der Waals surface area contributed by atoms with Gasteiger partial charge in [0, 0.05) is 6.07 Å². The number of amides is 1. The van der Waals surface area contributed by atoms with Gasteiger partial charge in [-0.05, 0) is 25.3 Å². The second-order valence-electron chi connectivity index (χ2n) is 4.50. The SMILES string of the molecule is O=C(NC1CC2CCC1O2)c1ccc(=O)[nH]n1. The van der Waals surface area contributed by atoms with Gasteiger partial charge in [0.25, 0.3) is 11.5 Å². The van der Waals surface area contributed by atoms with Crippen molar-refractivity contribution >= 4 is 5.91 Å². The van der Waals surface area contributed by atoms with E-state index in [1.807, 2.05) is 0 Å². The Kier molecular flexibility index (Phi) is 2.44. The van der Waals surface area contributed by atoms with Crippen LogP contribution < -0.4 is 10.9 Å². The summed E-state index contributed by atoms with van der Waals surface area (Å²) in [5.41, 5.74) is -0.0859. The summed E-state index contributed by atoms with van der Waals surface area (Å²) in [7, 11) is 0. The normalized spacial score (nSPS) is 30.5. The summed E-state index contributed by atoms with van der Waals surface area (Å²) in [5.74, 6) is -0.262. The lowest BCUT2D eigenvalue weighted by molar-refractivity contribution is 0.0836. The molecular formula is C11H13N3O3. The molecule has 3 unspecified atom stereocenters. The molecule has 2 N–H and O–H groups in total. The van der Waals surface area contributed by atoms with E-state index < -0.39 is 0 Å². The zero-order chi connectivity index (χ0) is 11.8. The molecular weight excluding hydrogens is 222 g/mol. The Morgan fingerprint density at radius 1 is 1.47 bits per heavy atom. The average molecular weight is 235 g/mol. The van der Waals surface area contributed by atoms with E-state index in [0.717, 1.165) is 19.3 Å². The molecule has 17 heavy (non-hydrogen) atoms. The smallest absolute Gasteiger partial charge is 0.272 e. The van der Waals surface area contributed by atoms with Gasteiger partial charge in [0.05, 0.1) is 18.2 Å². The van der Waals surface area contributed by atoms with Crippen molar-refractivity contribution in [1.82, 2.24) is 15.5 Å². The van der Waals surface area contributed by atoms with Gasteiger partial charge >= 0.3 is 0 Å². The van der Waals surface area contributed by atoms with Gasteiger partial charge in [0.15, 0.2) is 0 Å². The molecule has 3 atom stereocenters. The molecule has 2 bridgehead atoms. The van der Waals surface area contributed by atoms with Crippen LogP contribution in [0.5, 0.6) is 0 Å². The molecule has 0 aliphatic carbocycles. The van der Waals surface area contributed by atoms with Crippen LogP contribution in [0.2, 0.25) is 0 Å². The molecule has 2 fully saturated rings. The Balaban J connectivity index is 1.67. The van der Waals surface area contributed by atoms with Crippen molar-refractivity contribution in [3.05, 3.63) is 28.2 Å². The highest BCUT2D eigenvalue weighted by molar-refractivity contribution is 5.92. The molecule has 6 nitrogen and oxygen atoms in total. The van der Waals surface area contributed by atoms with Gasteiger partial charge in [-0.3, -0.25) is 9.59 Å². The van der Waals surface area contributed by atoms with Crippen LogP contribution in [0.1, 0.15) is 29.8 Å². The lowest BCUT2D eigenvalue weighted by atomic mass is 9.95. The maximum atomic E-state index is 11.8. The highest BCUT2D eigenvalue weighted by atomic mass is 16.5. The number of nitrogens with one attached hydrogen (secondary N) is 2. The zero-order valence-electron chi connectivity index (χ0n) is 9.18. The van der Waals surface area contributed by atoms with Crippen molar-refractivity contribution in [2.75, 3.05) is 0 Å². The van der Waals surface area contributed by atoms with Gasteiger partial charge in [-0.25, -0.2) is 5.10 Å². The molecule has 90 valence electrons. The van der Waals surface area contributed by atoms with Crippen LogP contribution in [0.15, 0.2) is 16.9 Å². The van der Waals surface area contributed by atoms with Crippen molar-refractivity contribution in [2.45, 2.75) is 37.5 Å². The summed E-state index contributed by atoms with van der Waals surface area (Å²) >= 11 is 0. The molecule has 3 heterocycles. The number of aromatic amines is 1. The highest BCUT2D eigenvalue weighted by Gasteiger charge is 2.41. The molecule has 0 aromatic carbocycles. The van der Waals surface area contributed by atoms with Crippen molar-refractivity contribution in [3.8, 4) is 0 Å². The third kappa shape index (κ3) is 1.95. The second-order valence-corrected chi connectivity index (χ2v) is 4.50. The third-order valence-corrected chi connectivity index (χ3v) is 3.33. The standard InChI is InChI=1S/C11H13N3O3/c15-10-4-2-7(13-14-10)11(16)12-8-5-6-1-3-9(8)17-6/h2,4,6,8-9H,1,3,5H2,(H,12,16)(H,14,15). The Hall–Kier alpha value is -1.69. The summed E-state index contributed by atoms with van der Waals surface area (Å²) in [4.78, 5) is 22.7. The molecule has 2 aliphatic rings. The fourth-order valence-electron chi connectivity index (χ4n) is 2.50. The van der Waals surface area contributed by atoms with Gasteiger partial charge in [-0.15, -0.1) is 0 Å². The number of carbonyl (C=O) groups excluding carboxylic acids is 1. The number of ether oxygens (including phenoxy) is 1. The highest BCUT2D eigenvalue weighted by Crippen LogP contribution is 2.34. The molecule has 0 saturated carbocycles. The molecule has 0 radical (unpaired) electrons. The monoisotopic (exact) mass is 235 g/mol. The van der Waals surface area contributed by atoms with Crippen LogP contribution in [-0.2, 0) is 4.74 Å². The predicted octanol–water partition coefficient (Wildman–Crippen LogP) is -0.180. The maximum absolute atomic E-state index is 11.8. The van der Waals surface area contributed by atoms with E-state index in [1.165, 1.54) is 12.1 Å². The molecule has 0 spiro atoms. The summed E-state index contributed by atoms with van der Waals surface area (Å²) in [5, 5.41) is 8.83. The molecule has 3 rings (SSSR count). The van der Waals surface area contributed by atoms with Crippen LogP contribution in [-0.4, -0.2) is 34.4 Å². The zero-order valence-corrected chi connectivity index (χ0v) is 9.18. The Bertz CT molecular complexity index is 478. The number of aromatic nitrogens is 2.